The van der Waals surface area contributed by atoms with Gasteiger partial charge in [0, 0.05) is 16.7 Å². The smallest absolute Gasteiger partial charge is 0.164 e. The molecule has 258 valence electrons. The Morgan fingerprint density at radius 2 is 0.673 bits per heavy atom. The van der Waals surface area contributed by atoms with Gasteiger partial charge in [-0.1, -0.05) is 206 Å². The van der Waals surface area contributed by atoms with Gasteiger partial charge in [-0.15, -0.1) is 0 Å². The SMILES string of the molecule is c1ccc(-c2nc(-c3ccc(-c4ccc5c(c4)C(c4ccccc4)(c4ccccc4)c4ccccc4-5)cc3)nc(-c3ccccc3-c3ccccc3)n2)cc1. The molecule has 0 aliphatic heterocycles. The van der Waals surface area contributed by atoms with Crippen molar-refractivity contribution in [2.75, 3.05) is 0 Å². The highest BCUT2D eigenvalue weighted by atomic mass is 15.0. The first-order valence-corrected chi connectivity index (χ1v) is 18.7. The van der Waals surface area contributed by atoms with Gasteiger partial charge in [0.05, 0.1) is 5.41 Å². The molecule has 0 fully saturated rings. The Kier molecular flexibility index (Phi) is 8.04. The predicted octanol–water partition coefficient (Wildman–Crippen LogP) is 12.6. The van der Waals surface area contributed by atoms with Crippen molar-refractivity contribution in [3.05, 3.63) is 235 Å². The molecule has 0 bridgehead atoms. The average molecular weight is 702 g/mol. The quantitative estimate of drug-likeness (QED) is 0.166. The number of hydrogen-bond donors (Lipinski definition) is 0. The Bertz CT molecular complexity index is 2740. The molecule has 0 atom stereocenters. The fraction of sp³-hybridized carbons (Fsp3) is 0.0192. The first kappa shape index (κ1) is 32.4. The monoisotopic (exact) mass is 701 g/mol. The van der Waals surface area contributed by atoms with E-state index in [9.17, 15) is 0 Å². The molecule has 3 nitrogen and oxygen atoms in total. The number of fused-ring (bicyclic) bond motifs is 3. The van der Waals surface area contributed by atoms with E-state index in [1.165, 1.54) is 33.4 Å². The van der Waals surface area contributed by atoms with Crippen molar-refractivity contribution in [1.29, 1.82) is 0 Å². The highest BCUT2D eigenvalue weighted by molar-refractivity contribution is 5.88. The lowest BCUT2D eigenvalue weighted by Crippen LogP contribution is -2.28. The number of hydrogen-bond acceptors (Lipinski definition) is 3. The van der Waals surface area contributed by atoms with Gasteiger partial charge in [0.1, 0.15) is 0 Å². The van der Waals surface area contributed by atoms with Gasteiger partial charge in [0.15, 0.2) is 17.5 Å². The summed E-state index contributed by atoms with van der Waals surface area (Å²) >= 11 is 0. The third-order valence-corrected chi connectivity index (χ3v) is 10.9. The van der Waals surface area contributed by atoms with E-state index >= 15 is 0 Å². The molecule has 0 N–H and O–H groups in total. The summed E-state index contributed by atoms with van der Waals surface area (Å²) < 4.78 is 0. The number of rotatable bonds is 7. The third-order valence-electron chi connectivity index (χ3n) is 10.9. The number of benzene rings is 8. The van der Waals surface area contributed by atoms with E-state index in [4.69, 9.17) is 15.0 Å². The maximum Gasteiger partial charge on any atom is 0.164 e. The molecule has 0 radical (unpaired) electrons. The topological polar surface area (TPSA) is 38.7 Å². The van der Waals surface area contributed by atoms with E-state index in [0.717, 1.165) is 38.9 Å². The van der Waals surface area contributed by atoms with Crippen molar-refractivity contribution in [2.24, 2.45) is 0 Å². The van der Waals surface area contributed by atoms with Gasteiger partial charge in [-0.3, -0.25) is 0 Å². The molecule has 1 aliphatic carbocycles. The summed E-state index contributed by atoms with van der Waals surface area (Å²) in [5.41, 5.74) is 14.5. The molecule has 9 aromatic rings. The minimum Gasteiger partial charge on any atom is -0.208 e. The molecule has 10 rings (SSSR count). The van der Waals surface area contributed by atoms with Crippen LogP contribution in [0, 0.1) is 0 Å². The second kappa shape index (κ2) is 13.6. The largest absolute Gasteiger partial charge is 0.208 e. The zero-order chi connectivity index (χ0) is 36.6. The van der Waals surface area contributed by atoms with E-state index in [0.29, 0.717) is 17.5 Å². The van der Waals surface area contributed by atoms with Crippen LogP contribution in [0.1, 0.15) is 22.3 Å². The summed E-state index contributed by atoms with van der Waals surface area (Å²) in [7, 11) is 0. The van der Waals surface area contributed by atoms with Crippen LogP contribution in [0.4, 0.5) is 0 Å². The Hall–Kier alpha value is -7.23. The van der Waals surface area contributed by atoms with Gasteiger partial charge in [0.25, 0.3) is 0 Å². The van der Waals surface area contributed by atoms with Crippen LogP contribution in [-0.4, -0.2) is 15.0 Å². The second-order valence-corrected chi connectivity index (χ2v) is 13.9. The molecular formula is C52H35N3. The molecule has 8 aromatic carbocycles. The van der Waals surface area contributed by atoms with Crippen LogP contribution in [0.3, 0.4) is 0 Å². The minimum absolute atomic E-state index is 0.449. The van der Waals surface area contributed by atoms with Crippen LogP contribution in [0.2, 0.25) is 0 Å². The predicted molar refractivity (Wildman–Crippen MR) is 224 cm³/mol. The Morgan fingerprint density at radius 1 is 0.255 bits per heavy atom. The molecule has 55 heavy (non-hydrogen) atoms. The molecule has 1 aromatic heterocycles. The lowest BCUT2D eigenvalue weighted by atomic mass is 9.67. The Morgan fingerprint density at radius 3 is 1.29 bits per heavy atom. The molecule has 0 amide bonds. The molecule has 0 unspecified atom stereocenters. The standard InChI is InChI=1S/C52H35N3/c1-5-17-37(18-6-1)43-25-13-14-27-46(43)51-54-49(38-19-7-2-8-20-38)53-50(55-51)39-31-29-36(30-32-39)40-33-34-45-44-26-15-16-28-47(44)52(48(45)35-40,41-21-9-3-10-22-41)42-23-11-4-12-24-42/h1-35H. The molecule has 3 heteroatoms. The maximum atomic E-state index is 5.12. The molecule has 1 aliphatic rings. The van der Waals surface area contributed by atoms with Crippen LogP contribution >= 0.6 is 0 Å². The molecular weight excluding hydrogens is 667 g/mol. The zero-order valence-electron chi connectivity index (χ0n) is 30.0. The second-order valence-electron chi connectivity index (χ2n) is 13.9. The van der Waals surface area contributed by atoms with Crippen LogP contribution in [-0.2, 0) is 5.41 Å². The summed E-state index contributed by atoms with van der Waals surface area (Å²) in [5, 5.41) is 0. The Balaban J connectivity index is 1.09. The van der Waals surface area contributed by atoms with Gasteiger partial charge in [-0.2, -0.15) is 0 Å². The highest BCUT2D eigenvalue weighted by Gasteiger charge is 2.46. The van der Waals surface area contributed by atoms with E-state index in [-0.39, 0.29) is 0 Å². The Labute approximate surface area is 321 Å². The fourth-order valence-electron chi connectivity index (χ4n) is 8.33. The first-order chi connectivity index (χ1) is 27.3. The molecule has 0 saturated heterocycles. The van der Waals surface area contributed by atoms with Crippen molar-refractivity contribution in [3.8, 4) is 67.5 Å². The number of aromatic nitrogens is 3. The van der Waals surface area contributed by atoms with Crippen LogP contribution < -0.4 is 0 Å². The van der Waals surface area contributed by atoms with Crippen molar-refractivity contribution in [3.63, 3.8) is 0 Å². The normalized spacial score (nSPS) is 12.5. The van der Waals surface area contributed by atoms with Gasteiger partial charge in [-0.05, 0) is 61.7 Å². The van der Waals surface area contributed by atoms with Crippen molar-refractivity contribution in [2.45, 2.75) is 5.41 Å². The van der Waals surface area contributed by atoms with E-state index in [1.54, 1.807) is 0 Å². The third kappa shape index (κ3) is 5.57. The lowest BCUT2D eigenvalue weighted by Gasteiger charge is -2.34. The van der Waals surface area contributed by atoms with Crippen molar-refractivity contribution < 1.29 is 0 Å². The number of nitrogens with zero attached hydrogens (tertiary/aromatic N) is 3. The van der Waals surface area contributed by atoms with Crippen molar-refractivity contribution in [1.82, 2.24) is 15.0 Å². The summed E-state index contributed by atoms with van der Waals surface area (Å²) in [6, 6.07) is 75.3. The van der Waals surface area contributed by atoms with E-state index in [2.05, 4.69) is 170 Å². The van der Waals surface area contributed by atoms with Gasteiger partial charge in [0.2, 0.25) is 0 Å². The lowest BCUT2D eigenvalue weighted by molar-refractivity contribution is 0.769. The summed E-state index contributed by atoms with van der Waals surface area (Å²) in [5.74, 6) is 1.92. The highest BCUT2D eigenvalue weighted by Crippen LogP contribution is 2.56. The first-order valence-electron chi connectivity index (χ1n) is 18.7. The minimum atomic E-state index is -0.449. The van der Waals surface area contributed by atoms with Crippen LogP contribution in [0.25, 0.3) is 67.5 Å². The van der Waals surface area contributed by atoms with Crippen molar-refractivity contribution >= 4 is 0 Å². The molecule has 0 spiro atoms. The molecule has 0 saturated carbocycles. The van der Waals surface area contributed by atoms with E-state index in [1.807, 2.05) is 42.5 Å². The average Bonchev–Trinajstić information content (AvgIpc) is 3.58. The summed E-state index contributed by atoms with van der Waals surface area (Å²) in [6.45, 7) is 0. The van der Waals surface area contributed by atoms with Gasteiger partial charge >= 0.3 is 0 Å². The summed E-state index contributed by atoms with van der Waals surface area (Å²) in [4.78, 5) is 15.2. The summed E-state index contributed by atoms with van der Waals surface area (Å²) in [6.07, 6.45) is 0. The van der Waals surface area contributed by atoms with Crippen LogP contribution in [0.5, 0.6) is 0 Å². The fourth-order valence-corrected chi connectivity index (χ4v) is 8.33. The van der Waals surface area contributed by atoms with Gasteiger partial charge in [-0.25, -0.2) is 15.0 Å². The van der Waals surface area contributed by atoms with Crippen LogP contribution in [0.15, 0.2) is 212 Å². The zero-order valence-corrected chi connectivity index (χ0v) is 30.0. The molecule has 1 heterocycles. The van der Waals surface area contributed by atoms with Gasteiger partial charge < -0.3 is 0 Å². The van der Waals surface area contributed by atoms with E-state index < -0.39 is 5.41 Å². The maximum absolute atomic E-state index is 5.12.